The summed E-state index contributed by atoms with van der Waals surface area (Å²) in [5.41, 5.74) is 4.64. The largest absolute Gasteiger partial charge is 0.381 e. The molecule has 0 spiro atoms. The third kappa shape index (κ3) is 1.87. The quantitative estimate of drug-likeness (QED) is 0.779. The van der Waals surface area contributed by atoms with Gasteiger partial charge in [0.2, 0.25) is 0 Å². The average Bonchev–Trinajstić information content (AvgIpc) is 2.39. The first-order valence-corrected chi connectivity index (χ1v) is 6.34. The van der Waals surface area contributed by atoms with Crippen molar-refractivity contribution in [1.29, 1.82) is 0 Å². The summed E-state index contributed by atoms with van der Waals surface area (Å²) in [7, 11) is 0. The highest BCUT2D eigenvalue weighted by Crippen LogP contribution is 2.30. The number of benzene rings is 1. The van der Waals surface area contributed by atoms with Crippen molar-refractivity contribution in [1.82, 2.24) is 5.32 Å². The topological polar surface area (TPSA) is 21.3 Å². The molecule has 1 aromatic rings. The lowest BCUT2D eigenvalue weighted by Crippen LogP contribution is -2.26. The molecule has 3 rings (SSSR count). The van der Waals surface area contributed by atoms with Crippen molar-refractivity contribution in [2.75, 3.05) is 19.8 Å². The van der Waals surface area contributed by atoms with Crippen molar-refractivity contribution < 1.29 is 4.74 Å². The summed E-state index contributed by atoms with van der Waals surface area (Å²) in [5.74, 6) is 0.641. The standard InChI is InChI=1S/C14H19NO/c1-3-11-9-15-7-6-14(11)13(5-1)12-4-2-8-16-10-12/h1,3,5,12,15H,2,4,6-10H2. The summed E-state index contributed by atoms with van der Waals surface area (Å²) in [6, 6.07) is 6.77. The maximum atomic E-state index is 5.61. The molecule has 86 valence electrons. The predicted molar refractivity (Wildman–Crippen MR) is 64.6 cm³/mol. The summed E-state index contributed by atoms with van der Waals surface area (Å²) >= 11 is 0. The van der Waals surface area contributed by atoms with Crippen LogP contribution in [0.25, 0.3) is 0 Å². The van der Waals surface area contributed by atoms with E-state index < -0.39 is 0 Å². The zero-order valence-corrected chi connectivity index (χ0v) is 9.67. The average molecular weight is 217 g/mol. The number of nitrogens with one attached hydrogen (secondary N) is 1. The molecule has 0 aromatic heterocycles. The Morgan fingerprint density at radius 2 is 2.31 bits per heavy atom. The molecule has 0 radical (unpaired) electrons. The van der Waals surface area contributed by atoms with Gasteiger partial charge in [0.05, 0.1) is 6.61 Å². The lowest BCUT2D eigenvalue weighted by molar-refractivity contribution is 0.0801. The van der Waals surface area contributed by atoms with Crippen LogP contribution in [0.15, 0.2) is 18.2 Å². The maximum Gasteiger partial charge on any atom is 0.0534 e. The van der Waals surface area contributed by atoms with Crippen LogP contribution in [0.4, 0.5) is 0 Å². The van der Waals surface area contributed by atoms with Crippen molar-refractivity contribution in [2.24, 2.45) is 0 Å². The van der Waals surface area contributed by atoms with Gasteiger partial charge in [0.1, 0.15) is 0 Å². The minimum Gasteiger partial charge on any atom is -0.381 e. The molecular formula is C14H19NO. The fourth-order valence-corrected chi connectivity index (χ4v) is 2.93. The number of hydrogen-bond acceptors (Lipinski definition) is 2. The Morgan fingerprint density at radius 3 is 3.19 bits per heavy atom. The molecule has 0 saturated carbocycles. The second-order valence-corrected chi connectivity index (χ2v) is 4.83. The third-order valence-corrected chi connectivity index (χ3v) is 3.78. The number of hydrogen-bond donors (Lipinski definition) is 1. The zero-order valence-electron chi connectivity index (χ0n) is 9.67. The summed E-state index contributed by atoms with van der Waals surface area (Å²) in [6.45, 7) is 4.03. The van der Waals surface area contributed by atoms with Crippen LogP contribution in [0.1, 0.15) is 35.4 Å². The lowest BCUT2D eigenvalue weighted by Gasteiger charge is -2.28. The molecule has 1 fully saturated rings. The Balaban J connectivity index is 1.93. The van der Waals surface area contributed by atoms with E-state index in [-0.39, 0.29) is 0 Å². The molecule has 1 unspecified atom stereocenters. The maximum absolute atomic E-state index is 5.61. The van der Waals surface area contributed by atoms with E-state index in [1.54, 1.807) is 11.1 Å². The molecular weight excluding hydrogens is 198 g/mol. The SMILES string of the molecule is c1cc2c(c(C3CCCOC3)c1)CCNC2. The lowest BCUT2D eigenvalue weighted by atomic mass is 9.85. The van der Waals surface area contributed by atoms with Gasteiger partial charge in [-0.25, -0.2) is 0 Å². The van der Waals surface area contributed by atoms with Gasteiger partial charge >= 0.3 is 0 Å². The highest BCUT2D eigenvalue weighted by molar-refractivity contribution is 5.39. The monoisotopic (exact) mass is 217 g/mol. The van der Waals surface area contributed by atoms with Crippen LogP contribution in [0.5, 0.6) is 0 Å². The van der Waals surface area contributed by atoms with E-state index >= 15 is 0 Å². The van der Waals surface area contributed by atoms with E-state index in [9.17, 15) is 0 Å². The number of ether oxygens (including phenoxy) is 1. The number of fused-ring (bicyclic) bond motifs is 1. The molecule has 0 aliphatic carbocycles. The molecule has 0 amide bonds. The predicted octanol–water partition coefficient (Wildman–Crippen LogP) is 2.23. The van der Waals surface area contributed by atoms with Crippen LogP contribution in [0, 0.1) is 0 Å². The van der Waals surface area contributed by atoms with E-state index in [4.69, 9.17) is 4.74 Å². The molecule has 2 heterocycles. The summed E-state index contributed by atoms with van der Waals surface area (Å²) in [6.07, 6.45) is 3.69. The molecule has 2 aliphatic heterocycles. The summed E-state index contributed by atoms with van der Waals surface area (Å²) in [5, 5.41) is 3.44. The Morgan fingerprint density at radius 1 is 1.31 bits per heavy atom. The Labute approximate surface area is 97.0 Å². The van der Waals surface area contributed by atoms with Crippen LogP contribution in [0.3, 0.4) is 0 Å². The third-order valence-electron chi connectivity index (χ3n) is 3.78. The first-order chi connectivity index (χ1) is 7.95. The molecule has 1 saturated heterocycles. The van der Waals surface area contributed by atoms with Crippen LogP contribution < -0.4 is 5.32 Å². The fourth-order valence-electron chi connectivity index (χ4n) is 2.93. The Kier molecular flexibility index (Phi) is 2.94. The van der Waals surface area contributed by atoms with Crippen LogP contribution in [-0.2, 0) is 17.7 Å². The van der Waals surface area contributed by atoms with Gasteiger partial charge in [0, 0.05) is 19.1 Å². The molecule has 0 bridgehead atoms. The molecule has 1 atom stereocenters. The van der Waals surface area contributed by atoms with Gasteiger partial charge < -0.3 is 10.1 Å². The first-order valence-electron chi connectivity index (χ1n) is 6.34. The minimum absolute atomic E-state index is 0.641. The highest BCUT2D eigenvalue weighted by atomic mass is 16.5. The van der Waals surface area contributed by atoms with Gasteiger partial charge in [-0.05, 0) is 42.5 Å². The smallest absolute Gasteiger partial charge is 0.0534 e. The molecule has 1 aromatic carbocycles. The van der Waals surface area contributed by atoms with E-state index in [2.05, 4.69) is 23.5 Å². The van der Waals surface area contributed by atoms with Gasteiger partial charge in [-0.1, -0.05) is 18.2 Å². The second-order valence-electron chi connectivity index (χ2n) is 4.83. The molecule has 16 heavy (non-hydrogen) atoms. The van der Waals surface area contributed by atoms with Gasteiger partial charge in [-0.15, -0.1) is 0 Å². The van der Waals surface area contributed by atoms with Gasteiger partial charge in [-0.2, -0.15) is 0 Å². The van der Waals surface area contributed by atoms with Crippen LogP contribution in [0.2, 0.25) is 0 Å². The van der Waals surface area contributed by atoms with Gasteiger partial charge in [0.15, 0.2) is 0 Å². The van der Waals surface area contributed by atoms with Crippen LogP contribution in [-0.4, -0.2) is 19.8 Å². The van der Waals surface area contributed by atoms with Crippen LogP contribution >= 0.6 is 0 Å². The van der Waals surface area contributed by atoms with Crippen molar-refractivity contribution in [3.63, 3.8) is 0 Å². The Hall–Kier alpha value is -0.860. The number of rotatable bonds is 1. The van der Waals surface area contributed by atoms with E-state index in [0.717, 1.165) is 26.3 Å². The minimum atomic E-state index is 0.641. The second kappa shape index (κ2) is 4.56. The summed E-state index contributed by atoms with van der Waals surface area (Å²) < 4.78 is 5.61. The zero-order chi connectivity index (χ0) is 10.8. The van der Waals surface area contributed by atoms with Crippen molar-refractivity contribution in [2.45, 2.75) is 31.7 Å². The van der Waals surface area contributed by atoms with Crippen molar-refractivity contribution in [3.8, 4) is 0 Å². The van der Waals surface area contributed by atoms with E-state index in [1.807, 2.05) is 0 Å². The van der Waals surface area contributed by atoms with Crippen molar-refractivity contribution in [3.05, 3.63) is 34.9 Å². The van der Waals surface area contributed by atoms with Crippen molar-refractivity contribution >= 4 is 0 Å². The normalized spacial score (nSPS) is 25.1. The van der Waals surface area contributed by atoms with Gasteiger partial charge in [0.25, 0.3) is 0 Å². The fraction of sp³-hybridized carbons (Fsp3) is 0.571. The van der Waals surface area contributed by atoms with E-state index in [0.29, 0.717) is 5.92 Å². The molecule has 2 aliphatic rings. The summed E-state index contributed by atoms with van der Waals surface area (Å²) in [4.78, 5) is 0. The Bertz CT molecular complexity index is 369. The molecule has 2 nitrogen and oxygen atoms in total. The molecule has 1 N–H and O–H groups in total. The molecule has 2 heteroatoms. The van der Waals surface area contributed by atoms with Gasteiger partial charge in [-0.3, -0.25) is 0 Å². The highest BCUT2D eigenvalue weighted by Gasteiger charge is 2.21. The van der Waals surface area contributed by atoms with E-state index in [1.165, 1.54) is 24.8 Å². The first kappa shape index (κ1) is 10.3.